The summed E-state index contributed by atoms with van der Waals surface area (Å²) in [5.74, 6) is -0.285. The van der Waals surface area contributed by atoms with Crippen molar-refractivity contribution in [2.24, 2.45) is 0 Å². The van der Waals surface area contributed by atoms with Crippen LogP contribution in [0.3, 0.4) is 0 Å². The molecule has 6 heteroatoms. The molecule has 1 aromatic carbocycles. The average molecular weight is 318 g/mol. The summed E-state index contributed by atoms with van der Waals surface area (Å²) in [6.07, 6.45) is 1.25. The first-order valence-corrected chi connectivity index (χ1v) is 7.82. The molecule has 2 atom stereocenters. The maximum absolute atomic E-state index is 12.2. The van der Waals surface area contributed by atoms with Crippen LogP contribution in [0.2, 0.25) is 0 Å². The molecule has 23 heavy (non-hydrogen) atoms. The molecule has 1 saturated heterocycles. The fourth-order valence-electron chi connectivity index (χ4n) is 2.74. The Bertz CT molecular complexity index is 588. The van der Waals surface area contributed by atoms with E-state index in [0.29, 0.717) is 13.0 Å². The fourth-order valence-corrected chi connectivity index (χ4v) is 2.74. The van der Waals surface area contributed by atoms with Gasteiger partial charge in [-0.25, -0.2) is 4.79 Å². The number of aryl methyl sites for hydroxylation is 1. The number of hydrogen-bond acceptors (Lipinski definition) is 4. The minimum atomic E-state index is -0.683. The second-order valence-corrected chi connectivity index (χ2v) is 5.50. The summed E-state index contributed by atoms with van der Waals surface area (Å²) in [5, 5.41) is 2.54. The van der Waals surface area contributed by atoms with Gasteiger partial charge in [0.2, 0.25) is 5.91 Å². The molecule has 0 spiro atoms. The van der Waals surface area contributed by atoms with E-state index >= 15 is 0 Å². The Kier molecular flexibility index (Phi) is 5.73. The van der Waals surface area contributed by atoms with Crippen molar-refractivity contribution in [3.63, 3.8) is 0 Å². The minimum absolute atomic E-state index is 0.220. The molecule has 124 valence electrons. The highest BCUT2D eigenvalue weighted by Gasteiger charge is 2.39. The summed E-state index contributed by atoms with van der Waals surface area (Å²) < 4.78 is 5.43. The molecule has 1 aliphatic heterocycles. The lowest BCUT2D eigenvalue weighted by Crippen LogP contribution is -2.46. The molecule has 0 radical (unpaired) electrons. The van der Waals surface area contributed by atoms with Crippen LogP contribution in [0.25, 0.3) is 0 Å². The van der Waals surface area contributed by atoms with E-state index in [1.54, 1.807) is 0 Å². The van der Waals surface area contributed by atoms with Gasteiger partial charge in [-0.05, 0) is 24.0 Å². The van der Waals surface area contributed by atoms with Crippen LogP contribution in [0.15, 0.2) is 24.3 Å². The van der Waals surface area contributed by atoms with Crippen molar-refractivity contribution in [3.05, 3.63) is 35.4 Å². The van der Waals surface area contributed by atoms with E-state index in [0.717, 1.165) is 18.3 Å². The molecule has 0 bridgehead atoms. The Hall–Kier alpha value is -2.37. The summed E-state index contributed by atoms with van der Waals surface area (Å²) in [7, 11) is 1.51. The van der Waals surface area contributed by atoms with Crippen molar-refractivity contribution >= 4 is 18.3 Å². The Morgan fingerprint density at radius 2 is 2.30 bits per heavy atom. The van der Waals surface area contributed by atoms with Gasteiger partial charge in [0, 0.05) is 13.5 Å². The first kappa shape index (κ1) is 17.0. The first-order chi connectivity index (χ1) is 11.1. The number of amides is 2. The molecule has 0 saturated carbocycles. The van der Waals surface area contributed by atoms with Gasteiger partial charge in [-0.3, -0.25) is 9.69 Å². The number of carbonyl (C=O) groups is 3. The number of rotatable bonds is 7. The van der Waals surface area contributed by atoms with E-state index in [2.05, 4.69) is 12.2 Å². The van der Waals surface area contributed by atoms with Gasteiger partial charge in [0.25, 0.3) is 0 Å². The largest absolute Gasteiger partial charge is 0.439 e. The van der Waals surface area contributed by atoms with Gasteiger partial charge in [-0.1, -0.05) is 31.2 Å². The van der Waals surface area contributed by atoms with Gasteiger partial charge in [0.15, 0.2) is 0 Å². The summed E-state index contributed by atoms with van der Waals surface area (Å²) in [6, 6.07) is 7.21. The zero-order valence-electron chi connectivity index (χ0n) is 13.5. The zero-order chi connectivity index (χ0) is 16.8. The van der Waals surface area contributed by atoms with Crippen molar-refractivity contribution in [1.82, 2.24) is 10.2 Å². The molecule has 2 amide bonds. The summed E-state index contributed by atoms with van der Waals surface area (Å²) in [5.41, 5.74) is 2.09. The molecule has 1 aromatic rings. The molecule has 0 aromatic heterocycles. The minimum Gasteiger partial charge on any atom is -0.439 e. The van der Waals surface area contributed by atoms with Gasteiger partial charge < -0.3 is 14.8 Å². The van der Waals surface area contributed by atoms with Crippen molar-refractivity contribution in [3.8, 4) is 0 Å². The first-order valence-electron chi connectivity index (χ1n) is 7.82. The molecular formula is C17H22N2O4. The van der Waals surface area contributed by atoms with E-state index in [9.17, 15) is 14.4 Å². The summed E-state index contributed by atoms with van der Waals surface area (Å²) in [4.78, 5) is 36.2. The SMILES string of the molecule is CCc1cccc(C2CN(C(CCC=O)C(=O)NC)C(=O)O2)c1. The number of nitrogens with zero attached hydrogens (tertiary/aromatic N) is 1. The number of hydrogen-bond donors (Lipinski definition) is 1. The van der Waals surface area contributed by atoms with Crippen LogP contribution in [0, 0.1) is 0 Å². The van der Waals surface area contributed by atoms with Crippen LogP contribution >= 0.6 is 0 Å². The highest BCUT2D eigenvalue weighted by molar-refractivity contribution is 5.86. The number of ether oxygens (including phenoxy) is 1. The van der Waals surface area contributed by atoms with E-state index < -0.39 is 18.2 Å². The molecule has 1 aliphatic rings. The van der Waals surface area contributed by atoms with Crippen LogP contribution in [-0.4, -0.2) is 42.8 Å². The Morgan fingerprint density at radius 3 is 2.96 bits per heavy atom. The molecular weight excluding hydrogens is 296 g/mol. The van der Waals surface area contributed by atoms with Crippen LogP contribution in [0.1, 0.15) is 37.0 Å². The third-order valence-electron chi connectivity index (χ3n) is 4.05. The van der Waals surface area contributed by atoms with Gasteiger partial charge in [0.1, 0.15) is 18.4 Å². The third kappa shape index (κ3) is 3.88. The predicted octanol–water partition coefficient (Wildman–Crippen LogP) is 1.84. The van der Waals surface area contributed by atoms with E-state index in [-0.39, 0.29) is 12.3 Å². The Morgan fingerprint density at radius 1 is 1.52 bits per heavy atom. The number of benzene rings is 1. The molecule has 2 rings (SSSR count). The Balaban J connectivity index is 2.16. The van der Waals surface area contributed by atoms with Crippen molar-refractivity contribution in [2.45, 2.75) is 38.3 Å². The highest BCUT2D eigenvalue weighted by Crippen LogP contribution is 2.29. The van der Waals surface area contributed by atoms with Crippen molar-refractivity contribution in [1.29, 1.82) is 0 Å². The molecule has 1 heterocycles. The van der Waals surface area contributed by atoms with Crippen molar-refractivity contribution in [2.75, 3.05) is 13.6 Å². The molecule has 1 fully saturated rings. The number of nitrogens with one attached hydrogen (secondary N) is 1. The van der Waals surface area contributed by atoms with E-state index in [4.69, 9.17) is 4.74 Å². The topological polar surface area (TPSA) is 75.7 Å². The van der Waals surface area contributed by atoms with E-state index in [1.807, 2.05) is 24.3 Å². The molecule has 1 N–H and O–H groups in total. The quantitative estimate of drug-likeness (QED) is 0.778. The number of likely N-dealkylation sites (N-methyl/N-ethyl adjacent to an activating group) is 1. The second-order valence-electron chi connectivity index (χ2n) is 5.50. The highest BCUT2D eigenvalue weighted by atomic mass is 16.6. The third-order valence-corrected chi connectivity index (χ3v) is 4.05. The molecule has 0 aliphatic carbocycles. The van der Waals surface area contributed by atoms with Crippen LogP contribution < -0.4 is 5.32 Å². The zero-order valence-corrected chi connectivity index (χ0v) is 13.5. The Labute approximate surface area is 135 Å². The van der Waals surface area contributed by atoms with Gasteiger partial charge in [0.05, 0.1) is 6.54 Å². The van der Waals surface area contributed by atoms with E-state index in [1.165, 1.54) is 17.5 Å². The van der Waals surface area contributed by atoms with Crippen LogP contribution in [-0.2, 0) is 20.7 Å². The molecule has 6 nitrogen and oxygen atoms in total. The lowest BCUT2D eigenvalue weighted by atomic mass is 10.0. The standard InChI is InChI=1S/C17H22N2O4/c1-3-12-6-4-7-13(10-12)15-11-19(17(22)23-15)14(8-5-9-20)16(21)18-2/h4,6-7,9-10,14-15H,3,5,8,11H2,1-2H3,(H,18,21). The predicted molar refractivity (Wildman–Crippen MR) is 84.9 cm³/mol. The summed E-state index contributed by atoms with van der Waals surface area (Å²) >= 11 is 0. The lowest BCUT2D eigenvalue weighted by Gasteiger charge is -2.23. The second kappa shape index (κ2) is 7.76. The maximum atomic E-state index is 12.2. The van der Waals surface area contributed by atoms with Crippen LogP contribution in [0.5, 0.6) is 0 Å². The van der Waals surface area contributed by atoms with Gasteiger partial charge in [-0.2, -0.15) is 0 Å². The monoisotopic (exact) mass is 318 g/mol. The van der Waals surface area contributed by atoms with Gasteiger partial charge in [-0.15, -0.1) is 0 Å². The average Bonchev–Trinajstić information content (AvgIpc) is 2.96. The van der Waals surface area contributed by atoms with Gasteiger partial charge >= 0.3 is 6.09 Å². The van der Waals surface area contributed by atoms with Crippen LogP contribution in [0.4, 0.5) is 4.79 Å². The number of carbonyl (C=O) groups excluding carboxylic acids is 3. The molecule has 2 unspecified atom stereocenters. The van der Waals surface area contributed by atoms with Crippen molar-refractivity contribution < 1.29 is 19.1 Å². The smallest absolute Gasteiger partial charge is 0.411 e. The lowest BCUT2D eigenvalue weighted by molar-refractivity contribution is -0.125. The maximum Gasteiger partial charge on any atom is 0.411 e. The fraction of sp³-hybridized carbons (Fsp3) is 0.471. The number of cyclic esters (lactones) is 1. The normalized spacial score (nSPS) is 18.4. The number of aldehydes is 1. The summed E-state index contributed by atoms with van der Waals surface area (Å²) in [6.45, 7) is 2.37.